The van der Waals surface area contributed by atoms with Crippen molar-refractivity contribution in [3.05, 3.63) is 64.0 Å². The zero-order valence-electron chi connectivity index (χ0n) is 18.7. The van der Waals surface area contributed by atoms with Crippen molar-refractivity contribution in [3.8, 4) is 17.2 Å². The maximum Gasteiger partial charge on any atom is 0.453 e. The number of alkyl halides is 3. The SMILES string of the molecule is COCCOC(=O)COc1ccc2c(=O)c(Oc3ccccc3C(C)C)c(C(F)(F)F)oc2c1. The number of hydrogen-bond acceptors (Lipinski definition) is 7. The van der Waals surface area contributed by atoms with Gasteiger partial charge in [-0.2, -0.15) is 13.2 Å². The topological polar surface area (TPSA) is 84.2 Å². The lowest BCUT2D eigenvalue weighted by molar-refractivity contribution is -0.154. The highest BCUT2D eigenvalue weighted by molar-refractivity contribution is 5.80. The van der Waals surface area contributed by atoms with Gasteiger partial charge in [-0.1, -0.05) is 32.0 Å². The Labute approximate surface area is 193 Å². The molecule has 2 aromatic carbocycles. The standard InChI is InChI=1S/C24H23F3O7/c1-14(2)16-6-4-5-7-18(16)33-22-21(29)17-9-8-15(32-13-20(28)31-11-10-30-3)12-19(17)34-23(22)24(25,26)27/h4-9,12,14H,10-11,13H2,1-3H3. The Morgan fingerprint density at radius 2 is 1.82 bits per heavy atom. The first-order chi connectivity index (χ1) is 16.1. The number of carbonyl (C=O) groups is 1. The Bertz CT molecular complexity index is 1220. The van der Waals surface area contributed by atoms with E-state index < -0.39 is 35.7 Å². The molecule has 0 aliphatic carbocycles. The molecule has 1 aromatic heterocycles. The highest BCUT2D eigenvalue weighted by atomic mass is 19.4. The van der Waals surface area contributed by atoms with Crippen molar-refractivity contribution >= 4 is 16.9 Å². The maximum atomic E-state index is 13.8. The fourth-order valence-corrected chi connectivity index (χ4v) is 3.11. The van der Waals surface area contributed by atoms with Gasteiger partial charge in [0.25, 0.3) is 5.76 Å². The van der Waals surface area contributed by atoms with Gasteiger partial charge in [0.15, 0.2) is 6.61 Å². The lowest BCUT2D eigenvalue weighted by atomic mass is 10.0. The van der Waals surface area contributed by atoms with E-state index in [4.69, 9.17) is 23.4 Å². The molecule has 182 valence electrons. The van der Waals surface area contributed by atoms with Crippen LogP contribution in [0, 0.1) is 0 Å². The van der Waals surface area contributed by atoms with Crippen LogP contribution in [0.5, 0.6) is 17.2 Å². The Hall–Kier alpha value is -3.53. The minimum absolute atomic E-state index is 0.0197. The fraction of sp³-hybridized carbons (Fsp3) is 0.333. The molecule has 0 saturated carbocycles. The summed E-state index contributed by atoms with van der Waals surface area (Å²) in [6.07, 6.45) is -5.00. The third-order valence-corrected chi connectivity index (χ3v) is 4.74. The molecule has 0 amide bonds. The van der Waals surface area contributed by atoms with Crippen LogP contribution in [-0.2, 0) is 20.4 Å². The van der Waals surface area contributed by atoms with Crippen molar-refractivity contribution in [1.29, 1.82) is 0 Å². The van der Waals surface area contributed by atoms with Crippen molar-refractivity contribution in [1.82, 2.24) is 0 Å². The number of halogens is 3. The number of fused-ring (bicyclic) bond motifs is 1. The molecule has 0 aliphatic rings. The van der Waals surface area contributed by atoms with Crippen LogP contribution in [0.25, 0.3) is 11.0 Å². The summed E-state index contributed by atoms with van der Waals surface area (Å²) in [4.78, 5) is 24.6. The summed E-state index contributed by atoms with van der Waals surface area (Å²) >= 11 is 0. The average molecular weight is 480 g/mol. The summed E-state index contributed by atoms with van der Waals surface area (Å²) in [5.41, 5.74) is -0.721. The summed E-state index contributed by atoms with van der Waals surface area (Å²) in [5.74, 6) is -3.13. The van der Waals surface area contributed by atoms with Gasteiger partial charge >= 0.3 is 12.1 Å². The molecule has 0 saturated heterocycles. The maximum absolute atomic E-state index is 13.8. The van der Waals surface area contributed by atoms with Gasteiger partial charge in [0.2, 0.25) is 11.2 Å². The van der Waals surface area contributed by atoms with E-state index in [2.05, 4.69) is 0 Å². The van der Waals surface area contributed by atoms with Crippen LogP contribution in [0.4, 0.5) is 13.2 Å². The molecule has 3 rings (SSSR count). The van der Waals surface area contributed by atoms with E-state index in [9.17, 15) is 22.8 Å². The number of benzene rings is 2. The molecule has 0 N–H and O–H groups in total. The van der Waals surface area contributed by atoms with Gasteiger partial charge < -0.3 is 23.4 Å². The number of carbonyl (C=O) groups excluding carboxylic acids is 1. The average Bonchev–Trinajstić information content (AvgIpc) is 2.79. The van der Waals surface area contributed by atoms with Crippen LogP contribution in [0.1, 0.15) is 31.1 Å². The third kappa shape index (κ3) is 5.88. The largest absolute Gasteiger partial charge is 0.482 e. The predicted octanol–water partition coefficient (Wildman–Crippen LogP) is 5.30. The molecule has 0 atom stereocenters. The lowest BCUT2D eigenvalue weighted by Gasteiger charge is -2.16. The number of hydrogen-bond donors (Lipinski definition) is 0. The van der Waals surface area contributed by atoms with E-state index in [0.717, 1.165) is 6.07 Å². The van der Waals surface area contributed by atoms with E-state index in [-0.39, 0.29) is 41.6 Å². The second-order valence-electron chi connectivity index (χ2n) is 7.54. The number of ether oxygens (including phenoxy) is 4. The first kappa shape index (κ1) is 25.1. The van der Waals surface area contributed by atoms with Gasteiger partial charge in [0, 0.05) is 13.2 Å². The summed E-state index contributed by atoms with van der Waals surface area (Å²) in [7, 11) is 1.45. The molecule has 7 nitrogen and oxygen atoms in total. The molecule has 34 heavy (non-hydrogen) atoms. The van der Waals surface area contributed by atoms with Crippen LogP contribution >= 0.6 is 0 Å². The Morgan fingerprint density at radius 1 is 1.09 bits per heavy atom. The van der Waals surface area contributed by atoms with E-state index in [1.807, 2.05) is 13.8 Å². The molecular formula is C24H23F3O7. The van der Waals surface area contributed by atoms with Crippen molar-refractivity contribution in [2.24, 2.45) is 0 Å². The summed E-state index contributed by atoms with van der Waals surface area (Å²) in [6, 6.07) is 10.2. The van der Waals surface area contributed by atoms with Gasteiger partial charge in [-0.3, -0.25) is 4.79 Å². The highest BCUT2D eigenvalue weighted by Gasteiger charge is 2.40. The molecular weight excluding hydrogens is 457 g/mol. The van der Waals surface area contributed by atoms with Gasteiger partial charge in [0.1, 0.15) is 23.7 Å². The van der Waals surface area contributed by atoms with Gasteiger partial charge in [0.05, 0.1) is 12.0 Å². The van der Waals surface area contributed by atoms with Crippen LogP contribution in [0.15, 0.2) is 51.7 Å². The molecule has 0 unspecified atom stereocenters. The van der Waals surface area contributed by atoms with Crippen LogP contribution < -0.4 is 14.9 Å². The quantitative estimate of drug-likeness (QED) is 0.304. The molecule has 10 heteroatoms. The van der Waals surface area contributed by atoms with Gasteiger partial charge in [-0.05, 0) is 29.7 Å². The van der Waals surface area contributed by atoms with Gasteiger partial charge in [-0.25, -0.2) is 4.79 Å². The summed E-state index contributed by atoms with van der Waals surface area (Å²) < 4.78 is 66.8. The molecule has 0 spiro atoms. The zero-order valence-corrected chi connectivity index (χ0v) is 18.7. The van der Waals surface area contributed by atoms with E-state index in [0.29, 0.717) is 5.56 Å². The second kappa shape index (κ2) is 10.6. The monoisotopic (exact) mass is 480 g/mol. The van der Waals surface area contributed by atoms with Crippen molar-refractivity contribution < 1.29 is 41.3 Å². The smallest absolute Gasteiger partial charge is 0.453 e. The second-order valence-corrected chi connectivity index (χ2v) is 7.54. The molecule has 0 aliphatic heterocycles. The van der Waals surface area contributed by atoms with Crippen LogP contribution in [0.3, 0.4) is 0 Å². The minimum atomic E-state index is -5.00. The number of esters is 1. The normalized spacial score (nSPS) is 11.6. The van der Waals surface area contributed by atoms with E-state index in [1.165, 1.54) is 25.3 Å². The number of rotatable bonds is 9. The van der Waals surface area contributed by atoms with Crippen molar-refractivity contribution in [2.45, 2.75) is 25.9 Å². The molecule has 1 heterocycles. The predicted molar refractivity (Wildman–Crippen MR) is 116 cm³/mol. The first-order valence-electron chi connectivity index (χ1n) is 10.3. The summed E-state index contributed by atoms with van der Waals surface area (Å²) in [6.45, 7) is 3.45. The lowest BCUT2D eigenvalue weighted by Crippen LogP contribution is -2.17. The number of methoxy groups -OCH3 is 1. The highest BCUT2D eigenvalue weighted by Crippen LogP contribution is 2.40. The Balaban J connectivity index is 1.97. The minimum Gasteiger partial charge on any atom is -0.482 e. The van der Waals surface area contributed by atoms with Crippen LogP contribution in [-0.4, -0.2) is 32.9 Å². The number of para-hydroxylation sites is 1. The van der Waals surface area contributed by atoms with Gasteiger partial charge in [-0.15, -0.1) is 0 Å². The molecule has 0 bridgehead atoms. The Kier molecular flexibility index (Phi) is 7.83. The third-order valence-electron chi connectivity index (χ3n) is 4.74. The first-order valence-corrected chi connectivity index (χ1v) is 10.3. The van der Waals surface area contributed by atoms with Crippen molar-refractivity contribution in [2.75, 3.05) is 26.9 Å². The molecule has 0 radical (unpaired) electrons. The summed E-state index contributed by atoms with van der Waals surface area (Å²) in [5, 5.41) is -0.139. The van der Waals surface area contributed by atoms with E-state index in [1.54, 1.807) is 18.2 Å². The van der Waals surface area contributed by atoms with Crippen molar-refractivity contribution in [3.63, 3.8) is 0 Å². The zero-order chi connectivity index (χ0) is 24.9. The fourth-order valence-electron chi connectivity index (χ4n) is 3.11. The van der Waals surface area contributed by atoms with Crippen LogP contribution in [0.2, 0.25) is 0 Å². The van der Waals surface area contributed by atoms with E-state index >= 15 is 0 Å². The Morgan fingerprint density at radius 3 is 2.50 bits per heavy atom. The molecule has 3 aromatic rings. The molecule has 0 fully saturated rings.